The van der Waals surface area contributed by atoms with Crippen molar-refractivity contribution in [3.05, 3.63) is 59.4 Å². The maximum atomic E-state index is 14.8. The number of likely N-dealkylation sites (N-methyl/N-ethyl adjacent to an activating group) is 1. The molecule has 0 bridgehead atoms. The molecule has 0 aliphatic heterocycles. The van der Waals surface area contributed by atoms with Crippen molar-refractivity contribution in [3.63, 3.8) is 0 Å². The van der Waals surface area contributed by atoms with Gasteiger partial charge in [0.2, 0.25) is 0 Å². The fourth-order valence-corrected chi connectivity index (χ4v) is 4.02. The topological polar surface area (TPSA) is 41.6 Å². The minimum Gasteiger partial charge on any atom is -0.484 e. The van der Waals surface area contributed by atoms with Crippen molar-refractivity contribution >= 4 is 11.6 Å². The molecule has 1 N–H and O–H groups in total. The van der Waals surface area contributed by atoms with Crippen molar-refractivity contribution in [3.8, 4) is 5.75 Å². The second-order valence-electron chi connectivity index (χ2n) is 9.22. The summed E-state index contributed by atoms with van der Waals surface area (Å²) >= 11 is 0. The van der Waals surface area contributed by atoms with E-state index in [0.717, 1.165) is 24.8 Å². The molecule has 30 heavy (non-hydrogen) atoms. The largest absolute Gasteiger partial charge is 0.484 e. The van der Waals surface area contributed by atoms with Crippen molar-refractivity contribution in [2.45, 2.75) is 57.4 Å². The summed E-state index contributed by atoms with van der Waals surface area (Å²) < 4.78 is 20.4. The molecule has 0 saturated heterocycles. The van der Waals surface area contributed by atoms with Crippen molar-refractivity contribution in [1.82, 2.24) is 5.32 Å². The van der Waals surface area contributed by atoms with E-state index in [2.05, 4.69) is 26.1 Å². The van der Waals surface area contributed by atoms with Gasteiger partial charge in [-0.1, -0.05) is 39.0 Å². The number of hydrogen-bond acceptors (Lipinski definition) is 3. The van der Waals surface area contributed by atoms with Crippen molar-refractivity contribution in [1.29, 1.82) is 0 Å². The van der Waals surface area contributed by atoms with Crippen LogP contribution in [0.5, 0.6) is 5.75 Å². The van der Waals surface area contributed by atoms with E-state index in [1.54, 1.807) is 7.05 Å². The van der Waals surface area contributed by atoms with Crippen LogP contribution < -0.4 is 15.0 Å². The van der Waals surface area contributed by atoms with Crippen LogP contribution in [0, 0.1) is 5.82 Å². The summed E-state index contributed by atoms with van der Waals surface area (Å²) in [5, 5.41) is 3.28. The number of halogens is 1. The Morgan fingerprint density at radius 3 is 2.43 bits per heavy atom. The number of carbonyl (C=O) groups excluding carboxylic acids is 1. The number of hydrogen-bond donors (Lipinski definition) is 1. The van der Waals surface area contributed by atoms with Gasteiger partial charge < -0.3 is 15.0 Å². The van der Waals surface area contributed by atoms with Crippen LogP contribution in [-0.4, -0.2) is 32.7 Å². The zero-order valence-corrected chi connectivity index (χ0v) is 18.7. The summed E-state index contributed by atoms with van der Waals surface area (Å²) in [7, 11) is 3.60. The standard InChI is InChI=1S/C25H33FN2O2/c1-25(2,3)18-7-11-21(12-8-18)30-16-24(29)28(5)20-10-13-22(23(26)15-20)17-6-9-19(14-17)27-4/h7-8,10-13,15,17,19,27H,6,9,14,16H2,1-5H3. The molecule has 0 heterocycles. The molecule has 4 nitrogen and oxygen atoms in total. The molecule has 1 fully saturated rings. The maximum Gasteiger partial charge on any atom is 0.264 e. The highest BCUT2D eigenvalue weighted by Gasteiger charge is 2.27. The van der Waals surface area contributed by atoms with Gasteiger partial charge in [-0.2, -0.15) is 0 Å². The average Bonchev–Trinajstić information content (AvgIpc) is 3.20. The van der Waals surface area contributed by atoms with Crippen LogP contribution in [0.25, 0.3) is 0 Å². The highest BCUT2D eigenvalue weighted by Crippen LogP contribution is 2.36. The molecule has 1 saturated carbocycles. The molecule has 1 aliphatic rings. The predicted octanol–water partition coefficient (Wildman–Crippen LogP) is 5.02. The molecule has 2 unspecified atom stereocenters. The van der Waals surface area contributed by atoms with Crippen molar-refractivity contribution in [2.24, 2.45) is 0 Å². The molecule has 2 aromatic carbocycles. The third-order valence-electron chi connectivity index (χ3n) is 6.11. The van der Waals surface area contributed by atoms with Crippen LogP contribution in [0.3, 0.4) is 0 Å². The first kappa shape index (κ1) is 22.3. The van der Waals surface area contributed by atoms with E-state index in [9.17, 15) is 9.18 Å². The molecule has 162 valence electrons. The Hall–Kier alpha value is -2.40. The van der Waals surface area contributed by atoms with Gasteiger partial charge in [0, 0.05) is 18.8 Å². The summed E-state index contributed by atoms with van der Waals surface area (Å²) in [4.78, 5) is 14.0. The summed E-state index contributed by atoms with van der Waals surface area (Å²) in [6, 6.07) is 13.3. The Morgan fingerprint density at radius 2 is 1.87 bits per heavy atom. The van der Waals surface area contributed by atoms with Gasteiger partial charge >= 0.3 is 0 Å². The number of nitrogens with one attached hydrogen (secondary N) is 1. The lowest BCUT2D eigenvalue weighted by atomic mass is 9.87. The molecule has 0 spiro atoms. The van der Waals surface area contributed by atoms with Crippen LogP contribution in [0.2, 0.25) is 0 Å². The predicted molar refractivity (Wildman–Crippen MR) is 120 cm³/mol. The Kier molecular flexibility index (Phi) is 6.81. The maximum absolute atomic E-state index is 14.8. The zero-order chi connectivity index (χ0) is 21.9. The first-order chi connectivity index (χ1) is 14.2. The van der Waals surface area contributed by atoms with Gasteiger partial charge in [0.1, 0.15) is 11.6 Å². The number of benzene rings is 2. The van der Waals surface area contributed by atoms with E-state index in [0.29, 0.717) is 17.5 Å². The van der Waals surface area contributed by atoms with E-state index >= 15 is 0 Å². The van der Waals surface area contributed by atoms with Gasteiger partial charge in [0.05, 0.1) is 0 Å². The number of anilines is 1. The van der Waals surface area contributed by atoms with Crippen LogP contribution >= 0.6 is 0 Å². The number of ether oxygens (including phenoxy) is 1. The van der Waals surface area contributed by atoms with Crippen LogP contribution in [-0.2, 0) is 10.2 Å². The Morgan fingerprint density at radius 1 is 1.17 bits per heavy atom. The highest BCUT2D eigenvalue weighted by atomic mass is 19.1. The highest BCUT2D eigenvalue weighted by molar-refractivity contribution is 5.93. The zero-order valence-electron chi connectivity index (χ0n) is 18.7. The third kappa shape index (κ3) is 5.20. The SMILES string of the molecule is CNC1CCC(c2ccc(N(C)C(=O)COc3ccc(C(C)(C)C)cc3)cc2F)C1. The second kappa shape index (κ2) is 9.17. The van der Waals surface area contributed by atoms with Gasteiger partial charge in [-0.25, -0.2) is 4.39 Å². The number of carbonyl (C=O) groups is 1. The summed E-state index contributed by atoms with van der Waals surface area (Å²) in [5.74, 6) is 0.411. The number of nitrogens with zero attached hydrogens (tertiary/aromatic N) is 1. The number of rotatable bonds is 6. The van der Waals surface area contributed by atoms with Crippen molar-refractivity contribution < 1.29 is 13.9 Å². The third-order valence-corrected chi connectivity index (χ3v) is 6.11. The Bertz CT molecular complexity index is 874. The second-order valence-corrected chi connectivity index (χ2v) is 9.22. The number of amides is 1. The van der Waals surface area contributed by atoms with Gasteiger partial charge in [0.25, 0.3) is 5.91 Å². The monoisotopic (exact) mass is 412 g/mol. The van der Waals surface area contributed by atoms with Crippen LogP contribution in [0.4, 0.5) is 10.1 Å². The quantitative estimate of drug-likeness (QED) is 0.724. The van der Waals surface area contributed by atoms with E-state index < -0.39 is 0 Å². The van der Waals surface area contributed by atoms with Gasteiger partial charge in [0.15, 0.2) is 6.61 Å². The van der Waals surface area contributed by atoms with Crippen molar-refractivity contribution in [2.75, 3.05) is 25.6 Å². The lowest BCUT2D eigenvalue weighted by Crippen LogP contribution is -2.31. The molecule has 0 aromatic heterocycles. The first-order valence-corrected chi connectivity index (χ1v) is 10.7. The van der Waals surface area contributed by atoms with Crippen LogP contribution in [0.15, 0.2) is 42.5 Å². The normalized spacial score (nSPS) is 19.0. The molecule has 2 atom stereocenters. The van der Waals surface area contributed by atoms with E-state index in [-0.39, 0.29) is 29.7 Å². The Balaban J connectivity index is 1.60. The molecule has 0 radical (unpaired) electrons. The molecule has 5 heteroatoms. The van der Waals surface area contributed by atoms with Gasteiger partial charge in [-0.3, -0.25) is 4.79 Å². The first-order valence-electron chi connectivity index (χ1n) is 10.7. The molecular weight excluding hydrogens is 379 g/mol. The molecule has 2 aromatic rings. The van der Waals surface area contributed by atoms with Gasteiger partial charge in [-0.05, 0) is 73.0 Å². The molecule has 1 aliphatic carbocycles. The fraction of sp³-hybridized carbons (Fsp3) is 0.480. The molecule has 1 amide bonds. The van der Waals surface area contributed by atoms with Crippen LogP contribution in [0.1, 0.15) is 57.1 Å². The molecule has 3 rings (SSSR count). The smallest absolute Gasteiger partial charge is 0.264 e. The van der Waals surface area contributed by atoms with E-state index in [1.807, 2.05) is 43.4 Å². The molecular formula is C25H33FN2O2. The van der Waals surface area contributed by atoms with E-state index in [4.69, 9.17) is 4.74 Å². The summed E-state index contributed by atoms with van der Waals surface area (Å²) in [6.07, 6.45) is 3.00. The Labute approximate surface area is 179 Å². The minimum absolute atomic E-state index is 0.0667. The summed E-state index contributed by atoms with van der Waals surface area (Å²) in [6.45, 7) is 6.35. The summed E-state index contributed by atoms with van der Waals surface area (Å²) in [5.41, 5.74) is 2.55. The average molecular weight is 413 g/mol. The fourth-order valence-electron chi connectivity index (χ4n) is 4.02. The lowest BCUT2D eigenvalue weighted by molar-refractivity contribution is -0.120. The minimum atomic E-state index is -0.243. The lowest BCUT2D eigenvalue weighted by Gasteiger charge is -2.21. The van der Waals surface area contributed by atoms with Gasteiger partial charge in [-0.15, -0.1) is 0 Å². The van der Waals surface area contributed by atoms with E-state index in [1.165, 1.54) is 16.5 Å².